The highest BCUT2D eigenvalue weighted by atomic mass is 32.2. The molecule has 0 unspecified atom stereocenters. The average Bonchev–Trinajstić information content (AvgIpc) is 2.64. The number of thioether (sulfide) groups is 1. The van der Waals surface area contributed by atoms with E-state index in [9.17, 15) is 14.0 Å². The summed E-state index contributed by atoms with van der Waals surface area (Å²) in [5.74, 6) is 0.838. The number of primary amides is 1. The van der Waals surface area contributed by atoms with Gasteiger partial charge in [-0.05, 0) is 56.1 Å². The summed E-state index contributed by atoms with van der Waals surface area (Å²) in [4.78, 5) is 27.9. The number of pyridine rings is 1. The fourth-order valence-electron chi connectivity index (χ4n) is 3.42. The molecule has 1 aliphatic heterocycles. The molecule has 0 aromatic carbocycles. The van der Waals surface area contributed by atoms with Crippen LogP contribution in [-0.4, -0.2) is 40.4 Å². The number of rotatable bonds is 5. The third-order valence-electron chi connectivity index (χ3n) is 4.97. The first-order chi connectivity index (χ1) is 12.5. The summed E-state index contributed by atoms with van der Waals surface area (Å²) in [7, 11) is 0. The van der Waals surface area contributed by atoms with Gasteiger partial charge in [-0.1, -0.05) is 0 Å². The minimum atomic E-state index is -0.570. The molecule has 3 N–H and O–H groups in total. The van der Waals surface area contributed by atoms with Gasteiger partial charge in [-0.15, -0.1) is 0 Å². The standard InChI is InChI=1S/C18H24FN3O3S/c19-12-9-15(18(21-10-12)25-14-5-7-26-8-6-14)17(24)22-13-3-1-11(2-4-13)16(20)23/h9-11,13-14H,1-8H2,(H2,20,23)(H,22,24). The van der Waals surface area contributed by atoms with Gasteiger partial charge in [-0.25, -0.2) is 9.37 Å². The van der Waals surface area contributed by atoms with E-state index in [4.69, 9.17) is 10.5 Å². The molecular formula is C18H24FN3O3S. The highest BCUT2D eigenvalue weighted by Crippen LogP contribution is 2.26. The van der Waals surface area contributed by atoms with Crippen LogP contribution in [0.3, 0.4) is 0 Å². The molecule has 0 atom stereocenters. The van der Waals surface area contributed by atoms with Gasteiger partial charge < -0.3 is 15.8 Å². The number of carbonyl (C=O) groups excluding carboxylic acids is 2. The van der Waals surface area contributed by atoms with Crippen LogP contribution in [0.15, 0.2) is 12.3 Å². The largest absolute Gasteiger partial charge is 0.474 e. The molecule has 8 heteroatoms. The molecule has 26 heavy (non-hydrogen) atoms. The Morgan fingerprint density at radius 2 is 1.88 bits per heavy atom. The molecule has 1 aromatic rings. The van der Waals surface area contributed by atoms with Crippen molar-refractivity contribution in [2.24, 2.45) is 11.7 Å². The van der Waals surface area contributed by atoms with Gasteiger partial charge in [0.05, 0.1) is 6.20 Å². The molecule has 1 saturated heterocycles. The maximum atomic E-state index is 13.7. The van der Waals surface area contributed by atoms with Crippen LogP contribution in [0.25, 0.3) is 0 Å². The van der Waals surface area contributed by atoms with Crippen molar-refractivity contribution < 1.29 is 18.7 Å². The minimum absolute atomic E-state index is 0.00627. The Hall–Kier alpha value is -1.83. The summed E-state index contributed by atoms with van der Waals surface area (Å²) in [6.45, 7) is 0. The second-order valence-electron chi connectivity index (χ2n) is 6.86. The number of halogens is 1. The molecule has 6 nitrogen and oxygen atoms in total. The zero-order valence-corrected chi connectivity index (χ0v) is 15.4. The lowest BCUT2D eigenvalue weighted by Crippen LogP contribution is -2.40. The highest BCUT2D eigenvalue weighted by molar-refractivity contribution is 7.99. The second-order valence-corrected chi connectivity index (χ2v) is 8.08. The lowest BCUT2D eigenvalue weighted by atomic mass is 9.85. The van der Waals surface area contributed by atoms with Crippen molar-refractivity contribution in [2.75, 3.05) is 11.5 Å². The SMILES string of the molecule is NC(=O)C1CCC(NC(=O)c2cc(F)cnc2OC2CCSCC2)CC1. The lowest BCUT2D eigenvalue weighted by molar-refractivity contribution is -0.122. The summed E-state index contributed by atoms with van der Waals surface area (Å²) in [6, 6.07) is 1.12. The number of ether oxygens (including phenoxy) is 1. The number of carbonyl (C=O) groups is 2. The van der Waals surface area contributed by atoms with Crippen molar-refractivity contribution >= 4 is 23.6 Å². The summed E-state index contributed by atoms with van der Waals surface area (Å²) >= 11 is 1.88. The van der Waals surface area contributed by atoms with Crippen LogP contribution in [0.5, 0.6) is 5.88 Å². The predicted octanol–water partition coefficient (Wildman–Crippen LogP) is 2.27. The third kappa shape index (κ3) is 4.87. The number of hydrogen-bond donors (Lipinski definition) is 2. The molecule has 2 fully saturated rings. The number of hydrogen-bond acceptors (Lipinski definition) is 5. The monoisotopic (exact) mass is 381 g/mol. The van der Waals surface area contributed by atoms with Crippen molar-refractivity contribution in [3.8, 4) is 5.88 Å². The zero-order valence-electron chi connectivity index (χ0n) is 14.6. The van der Waals surface area contributed by atoms with Crippen molar-refractivity contribution in [1.82, 2.24) is 10.3 Å². The molecule has 1 saturated carbocycles. The van der Waals surface area contributed by atoms with E-state index in [1.165, 1.54) is 6.07 Å². The Morgan fingerprint density at radius 1 is 1.19 bits per heavy atom. The van der Waals surface area contributed by atoms with Gasteiger partial charge in [0.25, 0.3) is 5.91 Å². The Labute approximate surface area is 156 Å². The molecule has 3 rings (SSSR count). The first-order valence-corrected chi connectivity index (χ1v) is 10.2. The quantitative estimate of drug-likeness (QED) is 0.816. The molecule has 0 spiro atoms. The van der Waals surface area contributed by atoms with Crippen LogP contribution >= 0.6 is 11.8 Å². The van der Waals surface area contributed by atoms with Gasteiger partial charge in [-0.3, -0.25) is 9.59 Å². The molecule has 1 aromatic heterocycles. The third-order valence-corrected chi connectivity index (χ3v) is 6.02. The lowest BCUT2D eigenvalue weighted by Gasteiger charge is -2.28. The fourth-order valence-corrected chi connectivity index (χ4v) is 4.48. The zero-order chi connectivity index (χ0) is 18.5. The van der Waals surface area contributed by atoms with E-state index in [1.54, 1.807) is 0 Å². The topological polar surface area (TPSA) is 94.3 Å². The molecule has 2 heterocycles. The van der Waals surface area contributed by atoms with Crippen LogP contribution in [0.2, 0.25) is 0 Å². The van der Waals surface area contributed by atoms with Gasteiger partial charge in [-0.2, -0.15) is 11.8 Å². The van der Waals surface area contributed by atoms with Crippen LogP contribution < -0.4 is 15.8 Å². The Balaban J connectivity index is 1.64. The van der Waals surface area contributed by atoms with Crippen molar-refractivity contribution in [3.63, 3.8) is 0 Å². The maximum absolute atomic E-state index is 13.7. The summed E-state index contributed by atoms with van der Waals surface area (Å²) in [5, 5.41) is 2.92. The normalized spacial score (nSPS) is 24.0. The Morgan fingerprint density at radius 3 is 2.54 bits per heavy atom. The second kappa shape index (κ2) is 8.70. The van der Waals surface area contributed by atoms with E-state index in [0.29, 0.717) is 25.7 Å². The van der Waals surface area contributed by atoms with Crippen LogP contribution in [0.4, 0.5) is 4.39 Å². The summed E-state index contributed by atoms with van der Waals surface area (Å²) < 4.78 is 19.5. The first kappa shape index (κ1) is 18.9. The Kier molecular flexibility index (Phi) is 6.34. The van der Waals surface area contributed by atoms with Gasteiger partial charge in [0, 0.05) is 12.0 Å². The smallest absolute Gasteiger partial charge is 0.257 e. The van der Waals surface area contributed by atoms with Crippen LogP contribution in [0, 0.1) is 11.7 Å². The summed E-state index contributed by atoms with van der Waals surface area (Å²) in [5.41, 5.74) is 5.46. The molecule has 142 valence electrons. The van der Waals surface area contributed by atoms with Crippen molar-refractivity contribution in [3.05, 3.63) is 23.6 Å². The fraction of sp³-hybridized carbons (Fsp3) is 0.611. The summed E-state index contributed by atoms with van der Waals surface area (Å²) in [6.07, 6.45) is 5.53. The number of aromatic nitrogens is 1. The van der Waals surface area contributed by atoms with Gasteiger partial charge >= 0.3 is 0 Å². The van der Waals surface area contributed by atoms with E-state index in [1.807, 2.05) is 11.8 Å². The van der Waals surface area contributed by atoms with E-state index in [-0.39, 0.29) is 41.3 Å². The molecule has 1 aliphatic carbocycles. The number of nitrogens with two attached hydrogens (primary N) is 1. The minimum Gasteiger partial charge on any atom is -0.474 e. The van der Waals surface area contributed by atoms with Gasteiger partial charge in [0.1, 0.15) is 17.5 Å². The predicted molar refractivity (Wildman–Crippen MR) is 97.6 cm³/mol. The van der Waals surface area contributed by atoms with E-state index in [2.05, 4.69) is 10.3 Å². The highest BCUT2D eigenvalue weighted by Gasteiger charge is 2.27. The van der Waals surface area contributed by atoms with Gasteiger partial charge in [0.15, 0.2) is 0 Å². The van der Waals surface area contributed by atoms with Crippen molar-refractivity contribution in [1.29, 1.82) is 0 Å². The number of nitrogens with zero attached hydrogens (tertiary/aromatic N) is 1. The van der Waals surface area contributed by atoms with E-state index >= 15 is 0 Å². The molecule has 2 amide bonds. The van der Waals surface area contributed by atoms with Crippen LogP contribution in [-0.2, 0) is 4.79 Å². The maximum Gasteiger partial charge on any atom is 0.257 e. The molecule has 0 radical (unpaired) electrons. The van der Waals surface area contributed by atoms with Crippen molar-refractivity contribution in [2.45, 2.75) is 50.7 Å². The van der Waals surface area contributed by atoms with Gasteiger partial charge in [0.2, 0.25) is 11.8 Å². The molecular weight excluding hydrogens is 357 g/mol. The van der Waals surface area contributed by atoms with Crippen LogP contribution in [0.1, 0.15) is 48.9 Å². The molecule has 0 bridgehead atoms. The Bertz CT molecular complexity index is 659. The number of amides is 2. The van der Waals surface area contributed by atoms with E-state index in [0.717, 1.165) is 30.5 Å². The average molecular weight is 381 g/mol. The first-order valence-electron chi connectivity index (χ1n) is 9.03. The van der Waals surface area contributed by atoms with E-state index < -0.39 is 5.82 Å². The molecule has 2 aliphatic rings. The number of nitrogens with one attached hydrogen (secondary N) is 1.